The molecule has 0 saturated carbocycles. The lowest BCUT2D eigenvalue weighted by Gasteiger charge is -2.35. The first-order chi connectivity index (χ1) is 13.3. The molecule has 0 aromatic heterocycles. The Morgan fingerprint density at radius 2 is 1.82 bits per heavy atom. The molecular formula is C21H29ClN4O2. The van der Waals surface area contributed by atoms with Gasteiger partial charge in [0.1, 0.15) is 5.78 Å². The van der Waals surface area contributed by atoms with Gasteiger partial charge in [-0.3, -0.25) is 9.69 Å². The van der Waals surface area contributed by atoms with Crippen molar-refractivity contribution in [3.63, 3.8) is 0 Å². The second kappa shape index (κ2) is 8.97. The van der Waals surface area contributed by atoms with Crippen LogP contribution in [0.15, 0.2) is 36.0 Å². The molecule has 1 aliphatic heterocycles. The first-order valence-electron chi connectivity index (χ1n) is 9.82. The molecule has 2 aliphatic rings. The number of carbonyl (C=O) groups excluding carboxylic acids is 2. The predicted molar refractivity (Wildman–Crippen MR) is 113 cm³/mol. The second-order valence-electron chi connectivity index (χ2n) is 8.24. The molecule has 1 aromatic rings. The molecule has 2 N–H and O–H groups in total. The molecule has 1 heterocycles. The summed E-state index contributed by atoms with van der Waals surface area (Å²) in [6, 6.07) is 7.05. The molecule has 1 fully saturated rings. The van der Waals surface area contributed by atoms with Crippen LogP contribution in [0.1, 0.15) is 26.7 Å². The van der Waals surface area contributed by atoms with Crippen LogP contribution in [0.5, 0.6) is 0 Å². The minimum absolute atomic E-state index is 0.0548. The molecule has 7 heteroatoms. The van der Waals surface area contributed by atoms with Gasteiger partial charge in [0, 0.05) is 68.5 Å². The number of halogens is 1. The normalized spacial score (nSPS) is 19.9. The van der Waals surface area contributed by atoms with Gasteiger partial charge in [-0.15, -0.1) is 0 Å². The van der Waals surface area contributed by atoms with E-state index in [9.17, 15) is 9.59 Å². The fourth-order valence-electron chi connectivity index (χ4n) is 3.76. The van der Waals surface area contributed by atoms with E-state index in [1.54, 1.807) is 24.3 Å². The number of ketones is 1. The highest BCUT2D eigenvalue weighted by Crippen LogP contribution is 2.29. The standard InChI is InChI=1S/C21H29ClN4O2/c1-21(2)14-18(13-19(27)15-21)23-7-8-25-9-11-26(12-10-25)20(28)24-17-5-3-16(22)4-6-17/h3-6,14,23H,7-13,15H2,1-2H3,(H,24,28). The summed E-state index contributed by atoms with van der Waals surface area (Å²) in [6.45, 7) is 9.00. The van der Waals surface area contributed by atoms with Gasteiger partial charge >= 0.3 is 6.03 Å². The molecule has 6 nitrogen and oxygen atoms in total. The molecule has 0 radical (unpaired) electrons. The fourth-order valence-corrected chi connectivity index (χ4v) is 3.88. The van der Waals surface area contributed by atoms with Crippen LogP contribution in [-0.4, -0.2) is 60.9 Å². The number of allylic oxidation sites excluding steroid dienone is 2. The van der Waals surface area contributed by atoms with Crippen molar-refractivity contribution in [2.75, 3.05) is 44.6 Å². The van der Waals surface area contributed by atoms with Gasteiger partial charge in [0.25, 0.3) is 0 Å². The summed E-state index contributed by atoms with van der Waals surface area (Å²) in [7, 11) is 0. The molecule has 28 heavy (non-hydrogen) atoms. The summed E-state index contributed by atoms with van der Waals surface area (Å²) in [6.07, 6.45) is 3.33. The van der Waals surface area contributed by atoms with Crippen molar-refractivity contribution < 1.29 is 9.59 Å². The molecule has 0 atom stereocenters. The van der Waals surface area contributed by atoms with E-state index in [0.717, 1.165) is 37.6 Å². The Hall–Kier alpha value is -2.05. The van der Waals surface area contributed by atoms with E-state index < -0.39 is 0 Å². The van der Waals surface area contributed by atoms with Gasteiger partial charge in [-0.2, -0.15) is 0 Å². The van der Waals surface area contributed by atoms with Crippen LogP contribution in [0.4, 0.5) is 10.5 Å². The average Bonchev–Trinajstić information content (AvgIpc) is 2.62. The van der Waals surface area contributed by atoms with Crippen molar-refractivity contribution in [3.05, 3.63) is 41.1 Å². The van der Waals surface area contributed by atoms with Gasteiger partial charge in [0.2, 0.25) is 0 Å². The number of benzene rings is 1. The quantitative estimate of drug-likeness (QED) is 0.789. The van der Waals surface area contributed by atoms with E-state index in [1.807, 2.05) is 4.90 Å². The number of hydrogen-bond donors (Lipinski definition) is 2. The highest BCUT2D eigenvalue weighted by atomic mass is 35.5. The van der Waals surface area contributed by atoms with E-state index in [-0.39, 0.29) is 11.4 Å². The fraction of sp³-hybridized carbons (Fsp3) is 0.524. The van der Waals surface area contributed by atoms with E-state index >= 15 is 0 Å². The third-order valence-electron chi connectivity index (χ3n) is 5.14. The maximum Gasteiger partial charge on any atom is 0.321 e. The van der Waals surface area contributed by atoms with Crippen molar-refractivity contribution in [3.8, 4) is 0 Å². The Morgan fingerprint density at radius 3 is 2.46 bits per heavy atom. The van der Waals surface area contributed by atoms with Crippen LogP contribution in [0.2, 0.25) is 5.02 Å². The molecular weight excluding hydrogens is 376 g/mol. The number of nitrogens with zero attached hydrogens (tertiary/aromatic N) is 2. The third kappa shape index (κ3) is 5.97. The van der Waals surface area contributed by atoms with Crippen LogP contribution in [0.25, 0.3) is 0 Å². The summed E-state index contributed by atoms with van der Waals surface area (Å²) in [4.78, 5) is 28.4. The van der Waals surface area contributed by atoms with Crippen LogP contribution in [0, 0.1) is 5.41 Å². The summed E-state index contributed by atoms with van der Waals surface area (Å²) in [5, 5.41) is 6.98. The number of urea groups is 1. The highest BCUT2D eigenvalue weighted by Gasteiger charge is 2.26. The van der Waals surface area contributed by atoms with Crippen molar-refractivity contribution in [2.24, 2.45) is 5.41 Å². The smallest absolute Gasteiger partial charge is 0.321 e. The maximum absolute atomic E-state index is 12.4. The SMILES string of the molecule is CC1(C)C=C(NCCN2CCN(C(=O)Nc3ccc(Cl)cc3)CC2)CC(=O)C1. The van der Waals surface area contributed by atoms with Gasteiger partial charge in [0.15, 0.2) is 0 Å². The maximum atomic E-state index is 12.4. The molecule has 0 bridgehead atoms. The van der Waals surface area contributed by atoms with Crippen LogP contribution in [-0.2, 0) is 4.79 Å². The monoisotopic (exact) mass is 404 g/mol. The molecule has 3 rings (SSSR count). The number of anilines is 1. The Balaban J connectivity index is 1.38. The van der Waals surface area contributed by atoms with Gasteiger partial charge in [-0.1, -0.05) is 31.5 Å². The van der Waals surface area contributed by atoms with Crippen molar-refractivity contribution >= 4 is 29.1 Å². The summed E-state index contributed by atoms with van der Waals surface area (Å²) >= 11 is 5.87. The number of Topliss-reactive ketones (excluding diaryl/α,β-unsaturated/α-hetero) is 1. The lowest BCUT2D eigenvalue weighted by Crippen LogP contribution is -2.51. The summed E-state index contributed by atoms with van der Waals surface area (Å²) in [5.74, 6) is 0.301. The second-order valence-corrected chi connectivity index (χ2v) is 8.68. The Morgan fingerprint density at radius 1 is 1.14 bits per heavy atom. The number of piperazine rings is 1. The van der Waals surface area contributed by atoms with Gasteiger partial charge in [-0.25, -0.2) is 4.79 Å². The van der Waals surface area contributed by atoms with Gasteiger partial charge in [-0.05, 0) is 29.7 Å². The predicted octanol–water partition coefficient (Wildman–Crippen LogP) is 3.35. The zero-order chi connectivity index (χ0) is 20.1. The highest BCUT2D eigenvalue weighted by molar-refractivity contribution is 6.30. The topological polar surface area (TPSA) is 64.7 Å². The zero-order valence-electron chi connectivity index (χ0n) is 16.6. The van der Waals surface area contributed by atoms with Gasteiger partial charge in [0.05, 0.1) is 0 Å². The summed E-state index contributed by atoms with van der Waals surface area (Å²) in [5.41, 5.74) is 1.74. The van der Waals surface area contributed by atoms with E-state index in [2.05, 4.69) is 35.5 Å². The molecule has 0 spiro atoms. The Bertz CT molecular complexity index is 737. The number of amides is 2. The van der Waals surface area contributed by atoms with Crippen LogP contribution < -0.4 is 10.6 Å². The minimum atomic E-state index is -0.0757. The largest absolute Gasteiger partial charge is 0.387 e. The van der Waals surface area contributed by atoms with Gasteiger partial charge < -0.3 is 15.5 Å². The Kier molecular flexibility index (Phi) is 6.62. The Labute approximate surface area is 171 Å². The molecule has 0 unspecified atom stereocenters. The van der Waals surface area contributed by atoms with Crippen molar-refractivity contribution in [2.45, 2.75) is 26.7 Å². The molecule has 1 aromatic carbocycles. The van der Waals surface area contributed by atoms with Crippen LogP contribution >= 0.6 is 11.6 Å². The average molecular weight is 405 g/mol. The first kappa shape index (κ1) is 20.7. The number of hydrogen-bond acceptors (Lipinski definition) is 4. The van der Waals surface area contributed by atoms with E-state index in [4.69, 9.17) is 11.6 Å². The molecule has 1 saturated heterocycles. The minimum Gasteiger partial charge on any atom is -0.387 e. The molecule has 152 valence electrons. The van der Waals surface area contributed by atoms with Crippen LogP contribution in [0.3, 0.4) is 0 Å². The van der Waals surface area contributed by atoms with Crippen molar-refractivity contribution in [1.29, 1.82) is 0 Å². The van der Waals surface area contributed by atoms with Crippen molar-refractivity contribution in [1.82, 2.24) is 15.1 Å². The first-order valence-corrected chi connectivity index (χ1v) is 10.2. The zero-order valence-corrected chi connectivity index (χ0v) is 17.4. The number of rotatable bonds is 5. The number of carbonyl (C=O) groups is 2. The number of nitrogens with one attached hydrogen (secondary N) is 2. The lowest BCUT2D eigenvalue weighted by atomic mass is 9.81. The van der Waals surface area contributed by atoms with E-state index in [1.165, 1.54) is 0 Å². The third-order valence-corrected chi connectivity index (χ3v) is 5.39. The van der Waals surface area contributed by atoms with E-state index in [0.29, 0.717) is 36.7 Å². The molecule has 1 aliphatic carbocycles. The molecule has 2 amide bonds. The lowest BCUT2D eigenvalue weighted by molar-refractivity contribution is -0.120. The summed E-state index contributed by atoms with van der Waals surface area (Å²) < 4.78 is 0.